The molecule has 2 rings (SSSR count). The molecule has 0 unspecified atom stereocenters. The summed E-state index contributed by atoms with van der Waals surface area (Å²) in [5.41, 5.74) is 1.36. The Bertz CT molecular complexity index is 584. The molecule has 2 aromatic rings. The summed E-state index contributed by atoms with van der Waals surface area (Å²) in [4.78, 5) is 12.0. The maximum absolute atomic E-state index is 12.8. The van der Waals surface area contributed by atoms with E-state index in [-0.39, 0.29) is 11.7 Å². The highest BCUT2D eigenvalue weighted by Crippen LogP contribution is 2.14. The molecule has 0 aromatic heterocycles. The van der Waals surface area contributed by atoms with E-state index in [4.69, 9.17) is 11.6 Å². The highest BCUT2D eigenvalue weighted by molar-refractivity contribution is 6.30. The summed E-state index contributed by atoms with van der Waals surface area (Å²) in [6, 6.07) is 12.3. The second-order valence-electron chi connectivity index (χ2n) is 4.37. The van der Waals surface area contributed by atoms with E-state index >= 15 is 0 Å². The largest absolute Gasteiger partial charge is 0.374 e. The van der Waals surface area contributed by atoms with E-state index in [9.17, 15) is 9.18 Å². The Morgan fingerprint density at radius 2 is 1.60 bits per heavy atom. The second-order valence-corrected chi connectivity index (χ2v) is 4.81. The van der Waals surface area contributed by atoms with Crippen LogP contribution in [-0.2, 0) is 4.79 Å². The minimum absolute atomic E-state index is 0.184. The average molecular weight is 293 g/mol. The van der Waals surface area contributed by atoms with Crippen molar-refractivity contribution in [3.8, 4) is 0 Å². The summed E-state index contributed by atoms with van der Waals surface area (Å²) < 4.78 is 12.8. The van der Waals surface area contributed by atoms with E-state index in [1.54, 1.807) is 43.3 Å². The summed E-state index contributed by atoms with van der Waals surface area (Å²) in [5.74, 6) is -0.495. The van der Waals surface area contributed by atoms with Gasteiger partial charge in [-0.2, -0.15) is 0 Å². The zero-order valence-electron chi connectivity index (χ0n) is 10.9. The molecule has 0 saturated carbocycles. The Kier molecular flexibility index (Phi) is 4.58. The fraction of sp³-hybridized carbons (Fsp3) is 0.133. The molecule has 0 aliphatic heterocycles. The van der Waals surface area contributed by atoms with Crippen molar-refractivity contribution < 1.29 is 9.18 Å². The lowest BCUT2D eigenvalue weighted by Crippen LogP contribution is -2.31. The van der Waals surface area contributed by atoms with Gasteiger partial charge in [-0.3, -0.25) is 4.79 Å². The van der Waals surface area contributed by atoms with Gasteiger partial charge in [0.2, 0.25) is 5.91 Å². The highest BCUT2D eigenvalue weighted by atomic mass is 35.5. The van der Waals surface area contributed by atoms with E-state index in [2.05, 4.69) is 10.6 Å². The molecule has 0 heterocycles. The van der Waals surface area contributed by atoms with Crippen LogP contribution >= 0.6 is 11.6 Å². The number of benzene rings is 2. The number of carbonyl (C=O) groups is 1. The molecule has 0 aliphatic carbocycles. The van der Waals surface area contributed by atoms with Crippen molar-refractivity contribution in [1.82, 2.24) is 0 Å². The normalized spacial score (nSPS) is 11.8. The maximum atomic E-state index is 12.8. The third-order valence-electron chi connectivity index (χ3n) is 2.73. The Morgan fingerprint density at radius 3 is 2.20 bits per heavy atom. The SMILES string of the molecule is C[C@@H](Nc1ccc(F)cc1)C(=O)Nc1ccc(Cl)cc1. The van der Waals surface area contributed by atoms with Crippen molar-refractivity contribution in [3.63, 3.8) is 0 Å². The Hall–Kier alpha value is -2.07. The molecule has 104 valence electrons. The molecule has 1 atom stereocenters. The van der Waals surface area contributed by atoms with Gasteiger partial charge >= 0.3 is 0 Å². The van der Waals surface area contributed by atoms with Gasteiger partial charge in [0.15, 0.2) is 0 Å². The van der Waals surface area contributed by atoms with Crippen LogP contribution in [0.2, 0.25) is 5.02 Å². The highest BCUT2D eigenvalue weighted by Gasteiger charge is 2.12. The molecule has 1 amide bonds. The first kappa shape index (κ1) is 14.3. The second kappa shape index (κ2) is 6.39. The van der Waals surface area contributed by atoms with Crippen LogP contribution < -0.4 is 10.6 Å². The van der Waals surface area contributed by atoms with Crippen LogP contribution in [-0.4, -0.2) is 11.9 Å². The van der Waals surface area contributed by atoms with Crippen molar-refractivity contribution in [3.05, 3.63) is 59.4 Å². The lowest BCUT2D eigenvalue weighted by atomic mass is 10.2. The number of amides is 1. The first-order chi connectivity index (χ1) is 9.54. The zero-order chi connectivity index (χ0) is 14.5. The van der Waals surface area contributed by atoms with Gasteiger partial charge in [-0.05, 0) is 55.5 Å². The summed E-state index contributed by atoms with van der Waals surface area (Å²) in [5, 5.41) is 6.37. The molecule has 5 heteroatoms. The van der Waals surface area contributed by atoms with Gasteiger partial charge < -0.3 is 10.6 Å². The molecular weight excluding hydrogens is 279 g/mol. The number of anilines is 2. The van der Waals surface area contributed by atoms with Gasteiger partial charge in [0.05, 0.1) is 0 Å². The van der Waals surface area contributed by atoms with E-state index in [1.807, 2.05) is 0 Å². The fourth-order valence-electron chi connectivity index (χ4n) is 1.65. The molecule has 20 heavy (non-hydrogen) atoms. The minimum atomic E-state index is -0.448. The first-order valence-electron chi connectivity index (χ1n) is 6.13. The predicted molar refractivity (Wildman–Crippen MR) is 79.6 cm³/mol. The molecular formula is C15H14ClFN2O. The van der Waals surface area contributed by atoms with Gasteiger partial charge in [0, 0.05) is 16.4 Å². The number of carbonyl (C=O) groups excluding carboxylic acids is 1. The summed E-state index contributed by atoms with van der Waals surface area (Å²) in [7, 11) is 0. The van der Waals surface area contributed by atoms with E-state index in [0.29, 0.717) is 16.4 Å². The maximum Gasteiger partial charge on any atom is 0.246 e. The first-order valence-corrected chi connectivity index (χ1v) is 6.51. The van der Waals surface area contributed by atoms with Crippen LogP contribution in [0.3, 0.4) is 0 Å². The fourth-order valence-corrected chi connectivity index (χ4v) is 1.77. The van der Waals surface area contributed by atoms with Gasteiger partial charge in [-0.15, -0.1) is 0 Å². The number of nitrogens with one attached hydrogen (secondary N) is 2. The quantitative estimate of drug-likeness (QED) is 0.897. The third kappa shape index (κ3) is 3.96. The van der Waals surface area contributed by atoms with Crippen LogP contribution in [0.15, 0.2) is 48.5 Å². The molecule has 0 spiro atoms. The van der Waals surface area contributed by atoms with Crippen LogP contribution in [0.25, 0.3) is 0 Å². The van der Waals surface area contributed by atoms with Crippen LogP contribution in [0.5, 0.6) is 0 Å². The monoisotopic (exact) mass is 292 g/mol. The lowest BCUT2D eigenvalue weighted by molar-refractivity contribution is -0.116. The summed E-state index contributed by atoms with van der Waals surface area (Å²) in [6.07, 6.45) is 0. The van der Waals surface area contributed by atoms with Gasteiger partial charge in [-0.25, -0.2) is 4.39 Å². The number of hydrogen-bond donors (Lipinski definition) is 2. The van der Waals surface area contributed by atoms with Gasteiger partial charge in [-0.1, -0.05) is 11.6 Å². The van der Waals surface area contributed by atoms with Crippen molar-refractivity contribution in [2.75, 3.05) is 10.6 Å². The van der Waals surface area contributed by atoms with Crippen LogP contribution in [0.4, 0.5) is 15.8 Å². The smallest absolute Gasteiger partial charge is 0.246 e. The molecule has 3 nitrogen and oxygen atoms in total. The Balaban J connectivity index is 1.94. The number of hydrogen-bond acceptors (Lipinski definition) is 2. The van der Waals surface area contributed by atoms with Crippen molar-refractivity contribution in [2.45, 2.75) is 13.0 Å². The standard InChI is InChI=1S/C15H14ClFN2O/c1-10(18-13-8-4-12(17)5-9-13)15(20)19-14-6-2-11(16)3-7-14/h2-10,18H,1H3,(H,19,20)/t10-/m1/s1. The van der Waals surface area contributed by atoms with E-state index in [0.717, 1.165) is 0 Å². The molecule has 2 aromatic carbocycles. The predicted octanol–water partition coefficient (Wildman–Crippen LogP) is 3.92. The van der Waals surface area contributed by atoms with E-state index < -0.39 is 6.04 Å². The molecule has 0 saturated heterocycles. The lowest BCUT2D eigenvalue weighted by Gasteiger charge is -2.15. The van der Waals surface area contributed by atoms with Gasteiger partial charge in [0.1, 0.15) is 11.9 Å². The van der Waals surface area contributed by atoms with Crippen molar-refractivity contribution >= 4 is 28.9 Å². The van der Waals surface area contributed by atoms with Crippen molar-refractivity contribution in [1.29, 1.82) is 0 Å². The average Bonchev–Trinajstić information content (AvgIpc) is 2.44. The topological polar surface area (TPSA) is 41.1 Å². The molecule has 0 radical (unpaired) electrons. The third-order valence-corrected chi connectivity index (χ3v) is 2.98. The van der Waals surface area contributed by atoms with Crippen LogP contribution in [0.1, 0.15) is 6.92 Å². The van der Waals surface area contributed by atoms with E-state index in [1.165, 1.54) is 12.1 Å². The minimum Gasteiger partial charge on any atom is -0.374 e. The van der Waals surface area contributed by atoms with Crippen molar-refractivity contribution in [2.24, 2.45) is 0 Å². The molecule has 0 bridgehead atoms. The van der Waals surface area contributed by atoms with Crippen LogP contribution in [0, 0.1) is 5.82 Å². The Labute approximate surface area is 121 Å². The van der Waals surface area contributed by atoms with Gasteiger partial charge in [0.25, 0.3) is 0 Å². The Morgan fingerprint density at radius 1 is 1.05 bits per heavy atom. The zero-order valence-corrected chi connectivity index (χ0v) is 11.6. The number of halogens is 2. The molecule has 0 fully saturated rings. The summed E-state index contributed by atoms with van der Waals surface area (Å²) in [6.45, 7) is 1.73. The summed E-state index contributed by atoms with van der Waals surface area (Å²) >= 11 is 5.78. The number of rotatable bonds is 4. The molecule has 2 N–H and O–H groups in total. The molecule has 0 aliphatic rings.